The fourth-order valence-electron chi connectivity index (χ4n) is 1.79. The third-order valence-corrected chi connectivity index (χ3v) is 3.27. The second-order valence-electron chi connectivity index (χ2n) is 3.95. The number of aryl methyl sites for hydroxylation is 1. The Morgan fingerprint density at radius 3 is 3.06 bits per heavy atom. The summed E-state index contributed by atoms with van der Waals surface area (Å²) in [6.45, 7) is 4.18. The largest absolute Gasteiger partial charge is 0.252 e. The highest BCUT2D eigenvalue weighted by atomic mass is 79.9. The van der Waals surface area contributed by atoms with Crippen LogP contribution in [0.2, 0.25) is 0 Å². The molecule has 2 heterocycles. The first-order chi connectivity index (χ1) is 7.70. The molecular weight excluding hydrogens is 268 g/mol. The van der Waals surface area contributed by atoms with Gasteiger partial charge in [0.25, 0.3) is 5.78 Å². The zero-order chi connectivity index (χ0) is 11.5. The van der Waals surface area contributed by atoms with Crippen LogP contribution in [0.15, 0.2) is 12.4 Å². The average Bonchev–Trinajstić information content (AvgIpc) is 2.65. The number of nitrogens with zero attached hydrogens (tertiary/aromatic N) is 4. The van der Waals surface area contributed by atoms with E-state index in [0.717, 1.165) is 24.2 Å². The molecule has 2 rings (SSSR count). The Morgan fingerprint density at radius 2 is 2.31 bits per heavy atom. The van der Waals surface area contributed by atoms with Crippen molar-refractivity contribution >= 4 is 21.7 Å². The Bertz CT molecular complexity index is 480. The van der Waals surface area contributed by atoms with Gasteiger partial charge in [-0.2, -0.15) is 10.1 Å². The zero-order valence-electron chi connectivity index (χ0n) is 9.52. The van der Waals surface area contributed by atoms with E-state index in [1.54, 1.807) is 6.33 Å². The van der Waals surface area contributed by atoms with Gasteiger partial charge in [-0.05, 0) is 19.4 Å². The molecule has 0 fully saturated rings. The van der Waals surface area contributed by atoms with E-state index >= 15 is 0 Å². The van der Waals surface area contributed by atoms with Crippen LogP contribution in [0.1, 0.15) is 31.2 Å². The molecule has 16 heavy (non-hydrogen) atoms. The summed E-state index contributed by atoms with van der Waals surface area (Å²) in [6.07, 6.45) is 4.85. The Hall–Kier alpha value is -0.970. The minimum absolute atomic E-state index is 0.492. The summed E-state index contributed by atoms with van der Waals surface area (Å²) in [7, 11) is 0. The van der Waals surface area contributed by atoms with Gasteiger partial charge in [0, 0.05) is 22.6 Å². The van der Waals surface area contributed by atoms with E-state index in [2.05, 4.69) is 44.0 Å². The zero-order valence-corrected chi connectivity index (χ0v) is 11.1. The minimum atomic E-state index is 0.492. The molecule has 2 aromatic rings. The molecular formula is C11H15BrN4. The van der Waals surface area contributed by atoms with Crippen LogP contribution >= 0.6 is 15.9 Å². The van der Waals surface area contributed by atoms with Crippen LogP contribution in [0, 0.1) is 6.92 Å². The van der Waals surface area contributed by atoms with E-state index in [1.807, 2.05) is 11.4 Å². The molecule has 0 amide bonds. The molecule has 0 radical (unpaired) electrons. The van der Waals surface area contributed by atoms with E-state index in [-0.39, 0.29) is 0 Å². The second kappa shape index (κ2) is 4.91. The summed E-state index contributed by atoms with van der Waals surface area (Å²) in [6, 6.07) is 2.07. The summed E-state index contributed by atoms with van der Waals surface area (Å²) in [4.78, 5) is 8.93. The lowest BCUT2D eigenvalue weighted by molar-refractivity contribution is 0.711. The number of hydrogen-bond donors (Lipinski definition) is 0. The Kier molecular flexibility index (Phi) is 3.53. The Morgan fingerprint density at radius 1 is 1.50 bits per heavy atom. The minimum Gasteiger partial charge on any atom is -0.216 e. The van der Waals surface area contributed by atoms with Crippen LogP contribution in [-0.2, 0) is 6.42 Å². The van der Waals surface area contributed by atoms with Gasteiger partial charge in [0.05, 0.1) is 0 Å². The van der Waals surface area contributed by atoms with E-state index in [9.17, 15) is 0 Å². The van der Waals surface area contributed by atoms with Crippen molar-refractivity contribution in [2.24, 2.45) is 0 Å². The Balaban J connectivity index is 2.31. The standard InChI is InChI=1S/C11H15BrN4/c1-3-4-9(12)6-10-5-8(2)15-11-13-7-14-16(10)11/h5,7,9H,3-4,6H2,1-2H3. The quantitative estimate of drug-likeness (QED) is 0.810. The van der Waals surface area contributed by atoms with Crippen molar-refractivity contribution < 1.29 is 0 Å². The number of hydrogen-bond acceptors (Lipinski definition) is 3. The first-order valence-corrected chi connectivity index (χ1v) is 6.42. The van der Waals surface area contributed by atoms with Crippen molar-refractivity contribution in [1.29, 1.82) is 0 Å². The molecule has 5 heteroatoms. The summed E-state index contributed by atoms with van der Waals surface area (Å²) >= 11 is 3.69. The Labute approximate surface area is 103 Å². The van der Waals surface area contributed by atoms with E-state index in [1.165, 1.54) is 6.42 Å². The third kappa shape index (κ3) is 2.40. The maximum absolute atomic E-state index is 4.32. The maximum atomic E-state index is 4.32. The molecule has 0 aliphatic heterocycles. The molecule has 0 saturated carbocycles. The van der Waals surface area contributed by atoms with Gasteiger partial charge in [-0.3, -0.25) is 0 Å². The van der Waals surface area contributed by atoms with Crippen LogP contribution in [0.25, 0.3) is 5.78 Å². The number of halogens is 1. The molecule has 0 aromatic carbocycles. The van der Waals surface area contributed by atoms with Crippen LogP contribution in [-0.4, -0.2) is 24.4 Å². The fraction of sp³-hybridized carbons (Fsp3) is 0.545. The molecule has 86 valence electrons. The predicted octanol–water partition coefficient (Wildman–Crippen LogP) is 2.54. The van der Waals surface area contributed by atoms with Crippen LogP contribution < -0.4 is 0 Å². The van der Waals surface area contributed by atoms with Crippen molar-refractivity contribution in [2.75, 3.05) is 0 Å². The highest BCUT2D eigenvalue weighted by Crippen LogP contribution is 2.15. The SMILES string of the molecule is CCCC(Br)Cc1cc(C)nc2ncnn12. The molecule has 0 bridgehead atoms. The van der Waals surface area contributed by atoms with E-state index < -0.39 is 0 Å². The summed E-state index contributed by atoms with van der Waals surface area (Å²) < 4.78 is 1.82. The third-order valence-electron chi connectivity index (χ3n) is 2.49. The lowest BCUT2D eigenvalue weighted by Crippen LogP contribution is -2.09. The molecule has 0 aliphatic carbocycles. The lowest BCUT2D eigenvalue weighted by Gasteiger charge is -2.09. The van der Waals surface area contributed by atoms with Crippen LogP contribution in [0.5, 0.6) is 0 Å². The van der Waals surface area contributed by atoms with E-state index in [0.29, 0.717) is 10.6 Å². The van der Waals surface area contributed by atoms with Crippen molar-refractivity contribution in [3.05, 3.63) is 23.8 Å². The lowest BCUT2D eigenvalue weighted by atomic mass is 10.1. The number of aromatic nitrogens is 4. The summed E-state index contributed by atoms with van der Waals surface area (Å²) in [5.41, 5.74) is 2.15. The first-order valence-electron chi connectivity index (χ1n) is 5.51. The van der Waals surface area contributed by atoms with Gasteiger partial charge in [0.15, 0.2) is 0 Å². The van der Waals surface area contributed by atoms with E-state index in [4.69, 9.17) is 0 Å². The van der Waals surface area contributed by atoms with Crippen molar-refractivity contribution in [2.45, 2.75) is 37.9 Å². The highest BCUT2D eigenvalue weighted by molar-refractivity contribution is 9.09. The first kappa shape index (κ1) is 11.5. The maximum Gasteiger partial charge on any atom is 0.252 e. The molecule has 1 atom stereocenters. The molecule has 0 N–H and O–H groups in total. The number of fused-ring (bicyclic) bond motifs is 1. The number of rotatable bonds is 4. The van der Waals surface area contributed by atoms with Crippen LogP contribution in [0.3, 0.4) is 0 Å². The predicted molar refractivity (Wildman–Crippen MR) is 66.8 cm³/mol. The number of alkyl halides is 1. The molecule has 0 saturated heterocycles. The van der Waals surface area contributed by atoms with Crippen molar-refractivity contribution in [3.63, 3.8) is 0 Å². The van der Waals surface area contributed by atoms with Gasteiger partial charge in [0.1, 0.15) is 6.33 Å². The van der Waals surface area contributed by atoms with Crippen molar-refractivity contribution in [3.8, 4) is 0 Å². The smallest absolute Gasteiger partial charge is 0.216 e. The van der Waals surface area contributed by atoms with Gasteiger partial charge in [-0.15, -0.1) is 0 Å². The second-order valence-corrected chi connectivity index (χ2v) is 5.25. The summed E-state index contributed by atoms with van der Waals surface area (Å²) in [5.74, 6) is 0.686. The van der Waals surface area contributed by atoms with Gasteiger partial charge in [-0.1, -0.05) is 29.3 Å². The summed E-state index contributed by atoms with van der Waals surface area (Å²) in [5, 5.41) is 4.20. The molecule has 2 aromatic heterocycles. The normalized spacial score (nSPS) is 13.2. The average molecular weight is 283 g/mol. The fourth-order valence-corrected chi connectivity index (χ4v) is 2.58. The molecule has 0 aliphatic rings. The van der Waals surface area contributed by atoms with Gasteiger partial charge in [-0.25, -0.2) is 9.50 Å². The van der Waals surface area contributed by atoms with Crippen molar-refractivity contribution in [1.82, 2.24) is 19.6 Å². The van der Waals surface area contributed by atoms with Gasteiger partial charge >= 0.3 is 0 Å². The molecule has 4 nitrogen and oxygen atoms in total. The monoisotopic (exact) mass is 282 g/mol. The molecule has 0 spiro atoms. The molecule has 1 unspecified atom stereocenters. The highest BCUT2D eigenvalue weighted by Gasteiger charge is 2.10. The van der Waals surface area contributed by atoms with Crippen LogP contribution in [0.4, 0.5) is 0 Å². The van der Waals surface area contributed by atoms with Gasteiger partial charge < -0.3 is 0 Å². The topological polar surface area (TPSA) is 43.1 Å². The van der Waals surface area contributed by atoms with Gasteiger partial charge in [0.2, 0.25) is 0 Å².